The quantitative estimate of drug-likeness (QED) is 0.618. The van der Waals surface area contributed by atoms with Crippen LogP contribution in [-0.4, -0.2) is 5.78 Å². The number of rotatable bonds is 3. The lowest BCUT2D eigenvalue weighted by Gasteiger charge is -2.10. The molecular weight excluding hydrogens is 256 g/mol. The Kier molecular flexibility index (Phi) is 3.57. The molecule has 1 nitrogen and oxygen atoms in total. The van der Waals surface area contributed by atoms with Crippen LogP contribution in [0.3, 0.4) is 0 Å². The summed E-state index contributed by atoms with van der Waals surface area (Å²) in [6, 6.07) is 20.0. The van der Waals surface area contributed by atoms with Crippen LogP contribution in [0, 0.1) is 6.92 Å². The van der Waals surface area contributed by atoms with E-state index in [4.69, 9.17) is 0 Å². The fraction of sp³-hybridized carbons (Fsp3) is 0.150. The zero-order valence-electron chi connectivity index (χ0n) is 12.4. The molecule has 0 heterocycles. The standard InChI is InChI=1S/C20H18O/c1-3-15-8-4-5-10-17(15)20(21)19-13-12-14(2)16-9-6-7-11-18(16)19/h4-13H,3H2,1-2H3. The van der Waals surface area contributed by atoms with Crippen molar-refractivity contribution in [1.82, 2.24) is 0 Å². The topological polar surface area (TPSA) is 17.1 Å². The van der Waals surface area contributed by atoms with Gasteiger partial charge in [-0.25, -0.2) is 0 Å². The van der Waals surface area contributed by atoms with Crippen molar-refractivity contribution in [2.24, 2.45) is 0 Å². The van der Waals surface area contributed by atoms with Crippen LogP contribution in [0.25, 0.3) is 10.8 Å². The Morgan fingerprint density at radius 2 is 1.48 bits per heavy atom. The molecule has 1 heteroatoms. The average molecular weight is 274 g/mol. The highest BCUT2D eigenvalue weighted by atomic mass is 16.1. The molecule has 21 heavy (non-hydrogen) atoms. The van der Waals surface area contributed by atoms with Gasteiger partial charge in [0.05, 0.1) is 0 Å². The summed E-state index contributed by atoms with van der Waals surface area (Å²) in [5, 5.41) is 2.19. The smallest absolute Gasteiger partial charge is 0.193 e. The highest BCUT2D eigenvalue weighted by Gasteiger charge is 2.15. The van der Waals surface area contributed by atoms with Gasteiger partial charge < -0.3 is 0 Å². The first-order chi connectivity index (χ1) is 10.2. The van der Waals surface area contributed by atoms with Gasteiger partial charge in [0.25, 0.3) is 0 Å². The maximum atomic E-state index is 13.0. The molecule has 0 atom stereocenters. The van der Waals surface area contributed by atoms with Gasteiger partial charge in [0.15, 0.2) is 5.78 Å². The number of fused-ring (bicyclic) bond motifs is 1. The second-order valence-corrected chi connectivity index (χ2v) is 5.32. The Morgan fingerprint density at radius 1 is 0.810 bits per heavy atom. The van der Waals surface area contributed by atoms with Crippen LogP contribution in [0.4, 0.5) is 0 Å². The van der Waals surface area contributed by atoms with Crippen LogP contribution in [0.5, 0.6) is 0 Å². The lowest BCUT2D eigenvalue weighted by molar-refractivity contribution is 0.103. The summed E-state index contributed by atoms with van der Waals surface area (Å²) in [5.41, 5.74) is 3.91. The number of hydrogen-bond acceptors (Lipinski definition) is 1. The molecule has 3 aromatic rings. The summed E-state index contributed by atoms with van der Waals surface area (Å²) in [6.07, 6.45) is 0.867. The van der Waals surface area contributed by atoms with E-state index >= 15 is 0 Å². The largest absolute Gasteiger partial charge is 0.289 e. The lowest BCUT2D eigenvalue weighted by atomic mass is 9.92. The molecule has 0 aromatic heterocycles. The average Bonchev–Trinajstić information content (AvgIpc) is 2.55. The summed E-state index contributed by atoms with van der Waals surface area (Å²) in [5.74, 6) is 0.114. The fourth-order valence-electron chi connectivity index (χ4n) is 2.84. The summed E-state index contributed by atoms with van der Waals surface area (Å²) >= 11 is 0. The van der Waals surface area contributed by atoms with Crippen LogP contribution in [0.15, 0.2) is 60.7 Å². The highest BCUT2D eigenvalue weighted by Crippen LogP contribution is 2.25. The zero-order chi connectivity index (χ0) is 14.8. The first kappa shape index (κ1) is 13.6. The number of carbonyl (C=O) groups is 1. The molecule has 0 fully saturated rings. The van der Waals surface area contributed by atoms with E-state index in [0.717, 1.165) is 33.9 Å². The molecule has 0 saturated heterocycles. The van der Waals surface area contributed by atoms with Crippen LogP contribution >= 0.6 is 0 Å². The van der Waals surface area contributed by atoms with Gasteiger partial charge in [0.1, 0.15) is 0 Å². The van der Waals surface area contributed by atoms with E-state index in [1.165, 1.54) is 5.56 Å². The Labute approximate surface area is 125 Å². The Bertz CT molecular complexity index is 815. The van der Waals surface area contributed by atoms with Crippen molar-refractivity contribution in [3.63, 3.8) is 0 Å². The highest BCUT2D eigenvalue weighted by molar-refractivity contribution is 6.17. The Balaban J connectivity index is 2.21. The number of aryl methyl sites for hydroxylation is 2. The molecule has 0 amide bonds. The van der Waals surface area contributed by atoms with Crippen LogP contribution < -0.4 is 0 Å². The van der Waals surface area contributed by atoms with Gasteiger partial charge in [-0.05, 0) is 35.2 Å². The van der Waals surface area contributed by atoms with Gasteiger partial charge in [-0.15, -0.1) is 0 Å². The fourth-order valence-corrected chi connectivity index (χ4v) is 2.84. The third-order valence-electron chi connectivity index (χ3n) is 4.03. The Hall–Kier alpha value is -2.41. The molecule has 0 aliphatic carbocycles. The van der Waals surface area contributed by atoms with Gasteiger partial charge in [-0.1, -0.05) is 67.6 Å². The van der Waals surface area contributed by atoms with Gasteiger partial charge in [0, 0.05) is 11.1 Å². The molecule has 0 unspecified atom stereocenters. The molecule has 0 N–H and O–H groups in total. The minimum absolute atomic E-state index is 0.114. The van der Waals surface area contributed by atoms with Gasteiger partial charge >= 0.3 is 0 Å². The van der Waals surface area contributed by atoms with Crippen molar-refractivity contribution >= 4 is 16.6 Å². The van der Waals surface area contributed by atoms with E-state index < -0.39 is 0 Å². The summed E-state index contributed by atoms with van der Waals surface area (Å²) in [6.45, 7) is 4.16. The maximum Gasteiger partial charge on any atom is 0.193 e. The van der Waals surface area contributed by atoms with E-state index in [2.05, 4.69) is 19.9 Å². The second kappa shape index (κ2) is 5.53. The minimum Gasteiger partial charge on any atom is -0.289 e. The minimum atomic E-state index is 0.114. The lowest BCUT2D eigenvalue weighted by Crippen LogP contribution is -2.06. The van der Waals surface area contributed by atoms with Gasteiger partial charge in [0.2, 0.25) is 0 Å². The molecule has 0 aliphatic rings. The van der Waals surface area contributed by atoms with Gasteiger partial charge in [-0.2, -0.15) is 0 Å². The molecular formula is C20H18O. The summed E-state index contributed by atoms with van der Waals surface area (Å²) in [4.78, 5) is 13.0. The molecule has 0 spiro atoms. The van der Waals surface area contributed by atoms with Crippen molar-refractivity contribution in [3.05, 3.63) is 82.9 Å². The zero-order valence-corrected chi connectivity index (χ0v) is 12.4. The van der Waals surface area contributed by atoms with Crippen molar-refractivity contribution < 1.29 is 4.79 Å². The molecule has 0 bridgehead atoms. The third kappa shape index (κ3) is 2.36. The molecule has 3 aromatic carbocycles. The van der Waals surface area contributed by atoms with E-state index in [-0.39, 0.29) is 5.78 Å². The molecule has 0 saturated carbocycles. The van der Waals surface area contributed by atoms with Crippen LogP contribution in [0.1, 0.15) is 34.0 Å². The van der Waals surface area contributed by atoms with Crippen LogP contribution in [0.2, 0.25) is 0 Å². The molecule has 104 valence electrons. The summed E-state index contributed by atoms with van der Waals surface area (Å²) in [7, 11) is 0. The third-order valence-corrected chi connectivity index (χ3v) is 4.03. The van der Waals surface area contributed by atoms with E-state index in [1.807, 2.05) is 54.6 Å². The van der Waals surface area contributed by atoms with E-state index in [0.29, 0.717) is 0 Å². The van der Waals surface area contributed by atoms with Gasteiger partial charge in [-0.3, -0.25) is 4.79 Å². The number of benzene rings is 3. The van der Waals surface area contributed by atoms with E-state index in [1.54, 1.807) is 0 Å². The Morgan fingerprint density at radius 3 is 2.24 bits per heavy atom. The molecule has 3 rings (SSSR count). The van der Waals surface area contributed by atoms with Crippen molar-refractivity contribution in [2.45, 2.75) is 20.3 Å². The SMILES string of the molecule is CCc1ccccc1C(=O)c1ccc(C)c2ccccc12. The number of carbonyl (C=O) groups excluding carboxylic acids is 1. The normalized spacial score (nSPS) is 10.8. The number of ketones is 1. The maximum absolute atomic E-state index is 13.0. The monoisotopic (exact) mass is 274 g/mol. The number of hydrogen-bond donors (Lipinski definition) is 0. The first-order valence-corrected chi connectivity index (χ1v) is 7.33. The first-order valence-electron chi connectivity index (χ1n) is 7.33. The predicted octanol–water partition coefficient (Wildman–Crippen LogP) is 4.94. The molecule has 0 aliphatic heterocycles. The van der Waals surface area contributed by atoms with Crippen molar-refractivity contribution in [2.75, 3.05) is 0 Å². The van der Waals surface area contributed by atoms with Crippen molar-refractivity contribution in [1.29, 1.82) is 0 Å². The van der Waals surface area contributed by atoms with E-state index in [9.17, 15) is 4.79 Å². The summed E-state index contributed by atoms with van der Waals surface area (Å²) < 4.78 is 0. The molecule has 0 radical (unpaired) electrons. The predicted molar refractivity (Wildman–Crippen MR) is 87.9 cm³/mol. The van der Waals surface area contributed by atoms with Crippen LogP contribution in [-0.2, 0) is 6.42 Å². The van der Waals surface area contributed by atoms with Crippen molar-refractivity contribution in [3.8, 4) is 0 Å². The second-order valence-electron chi connectivity index (χ2n) is 5.32.